The van der Waals surface area contributed by atoms with Crippen LogP contribution in [-0.4, -0.2) is 50.8 Å². The lowest BCUT2D eigenvalue weighted by molar-refractivity contribution is -0.0727. The molecule has 0 aromatic carbocycles. The molecule has 0 aromatic rings. The van der Waals surface area contributed by atoms with E-state index in [-0.39, 0.29) is 23.3 Å². The Balaban J connectivity index is 2.46. The van der Waals surface area contributed by atoms with Gasteiger partial charge in [-0.2, -0.15) is 0 Å². The highest BCUT2D eigenvalue weighted by atomic mass is 79.9. The maximum atomic E-state index is 5.65. The standard InChI is InChI=1S/C9H17BrO4/c1-6(10)9-13-7(4-11-2)8(14-9)5-12-3/h6-9H,4-5H2,1-3H3/t6?,7-,8-/m0/s1. The largest absolute Gasteiger partial charge is 0.382 e. The van der Waals surface area contributed by atoms with Crippen LogP contribution in [0, 0.1) is 0 Å². The molecule has 1 rings (SSSR count). The first-order valence-corrected chi connectivity index (χ1v) is 5.53. The molecule has 0 spiro atoms. The minimum atomic E-state index is -0.213. The Morgan fingerprint density at radius 3 is 1.86 bits per heavy atom. The van der Waals surface area contributed by atoms with E-state index in [4.69, 9.17) is 18.9 Å². The van der Waals surface area contributed by atoms with Crippen molar-refractivity contribution in [2.24, 2.45) is 0 Å². The molecule has 3 atom stereocenters. The van der Waals surface area contributed by atoms with Crippen LogP contribution in [0.4, 0.5) is 0 Å². The van der Waals surface area contributed by atoms with E-state index in [1.807, 2.05) is 6.92 Å². The van der Waals surface area contributed by atoms with Crippen molar-refractivity contribution in [2.75, 3.05) is 27.4 Å². The second kappa shape index (κ2) is 6.02. The van der Waals surface area contributed by atoms with E-state index in [0.29, 0.717) is 13.2 Å². The Labute approximate surface area is 93.0 Å². The molecule has 0 N–H and O–H groups in total. The Kier molecular flexibility index (Phi) is 5.33. The lowest BCUT2D eigenvalue weighted by Crippen LogP contribution is -2.30. The van der Waals surface area contributed by atoms with Gasteiger partial charge in [0.2, 0.25) is 0 Å². The van der Waals surface area contributed by atoms with Gasteiger partial charge in [0.05, 0.1) is 18.0 Å². The predicted octanol–water partition coefficient (Wildman–Crippen LogP) is 1.17. The summed E-state index contributed by atoms with van der Waals surface area (Å²) >= 11 is 3.43. The van der Waals surface area contributed by atoms with Crippen molar-refractivity contribution in [3.05, 3.63) is 0 Å². The van der Waals surface area contributed by atoms with E-state index in [1.54, 1.807) is 14.2 Å². The maximum absolute atomic E-state index is 5.65. The summed E-state index contributed by atoms with van der Waals surface area (Å²) in [6, 6.07) is 0. The molecule has 0 aliphatic carbocycles. The number of hydrogen-bond acceptors (Lipinski definition) is 4. The third-order valence-corrected chi connectivity index (χ3v) is 2.50. The molecular weight excluding hydrogens is 252 g/mol. The molecular formula is C9H17BrO4. The third-order valence-electron chi connectivity index (χ3n) is 2.07. The Hall–Kier alpha value is 0.320. The van der Waals surface area contributed by atoms with Gasteiger partial charge in [0.25, 0.3) is 0 Å². The van der Waals surface area contributed by atoms with E-state index in [0.717, 1.165) is 0 Å². The first-order valence-electron chi connectivity index (χ1n) is 4.62. The van der Waals surface area contributed by atoms with Gasteiger partial charge in [-0.25, -0.2) is 0 Å². The Bertz CT molecular complexity index is 151. The minimum absolute atomic E-state index is 0.0371. The molecule has 1 fully saturated rings. The van der Waals surface area contributed by atoms with Crippen LogP contribution in [0.25, 0.3) is 0 Å². The van der Waals surface area contributed by atoms with Crippen LogP contribution in [-0.2, 0) is 18.9 Å². The topological polar surface area (TPSA) is 36.9 Å². The fourth-order valence-corrected chi connectivity index (χ4v) is 1.64. The molecule has 84 valence electrons. The molecule has 0 saturated carbocycles. The normalized spacial score (nSPS) is 30.9. The monoisotopic (exact) mass is 268 g/mol. The lowest BCUT2D eigenvalue weighted by atomic mass is 10.2. The van der Waals surface area contributed by atoms with Crippen molar-refractivity contribution in [1.29, 1.82) is 0 Å². The number of rotatable bonds is 5. The molecule has 1 aliphatic rings. The Morgan fingerprint density at radius 2 is 1.57 bits per heavy atom. The van der Waals surface area contributed by atoms with E-state index in [2.05, 4.69) is 15.9 Å². The van der Waals surface area contributed by atoms with Crippen molar-refractivity contribution in [3.8, 4) is 0 Å². The fourth-order valence-electron chi connectivity index (χ4n) is 1.39. The van der Waals surface area contributed by atoms with Gasteiger partial charge in [0.1, 0.15) is 12.2 Å². The SMILES string of the molecule is COC[C@@H]1OC(C(C)Br)O[C@H]1COC. The molecule has 1 saturated heterocycles. The van der Waals surface area contributed by atoms with Crippen molar-refractivity contribution >= 4 is 15.9 Å². The summed E-state index contributed by atoms with van der Waals surface area (Å²) in [4.78, 5) is 0.170. The van der Waals surface area contributed by atoms with E-state index in [9.17, 15) is 0 Å². The van der Waals surface area contributed by atoms with Crippen LogP contribution < -0.4 is 0 Å². The van der Waals surface area contributed by atoms with Gasteiger partial charge >= 0.3 is 0 Å². The molecule has 5 heteroatoms. The number of alkyl halides is 1. The van der Waals surface area contributed by atoms with Crippen LogP contribution in [0.3, 0.4) is 0 Å². The summed E-state index contributed by atoms with van der Waals surface area (Å²) in [7, 11) is 3.30. The second-order valence-electron chi connectivity index (χ2n) is 3.31. The van der Waals surface area contributed by atoms with Gasteiger partial charge in [0, 0.05) is 14.2 Å². The number of ether oxygens (including phenoxy) is 4. The summed E-state index contributed by atoms with van der Waals surface area (Å²) in [6.45, 7) is 3.05. The fraction of sp³-hybridized carbons (Fsp3) is 1.00. The maximum Gasteiger partial charge on any atom is 0.170 e. The van der Waals surface area contributed by atoms with Gasteiger partial charge < -0.3 is 18.9 Å². The summed E-state index contributed by atoms with van der Waals surface area (Å²) in [5.74, 6) is 0. The smallest absolute Gasteiger partial charge is 0.170 e. The van der Waals surface area contributed by atoms with Gasteiger partial charge in [-0.05, 0) is 6.92 Å². The molecule has 4 nitrogen and oxygen atoms in total. The first-order chi connectivity index (χ1) is 6.69. The average molecular weight is 269 g/mol. The lowest BCUT2D eigenvalue weighted by Gasteiger charge is -2.14. The van der Waals surface area contributed by atoms with Crippen LogP contribution in [0.5, 0.6) is 0 Å². The molecule has 14 heavy (non-hydrogen) atoms. The predicted molar refractivity (Wildman–Crippen MR) is 55.7 cm³/mol. The minimum Gasteiger partial charge on any atom is -0.382 e. The zero-order valence-corrected chi connectivity index (χ0v) is 10.3. The van der Waals surface area contributed by atoms with Crippen LogP contribution in [0.2, 0.25) is 0 Å². The zero-order valence-electron chi connectivity index (χ0n) is 8.73. The third kappa shape index (κ3) is 3.17. The molecule has 1 unspecified atom stereocenters. The molecule has 0 radical (unpaired) electrons. The van der Waals surface area contributed by atoms with Crippen LogP contribution in [0.1, 0.15) is 6.92 Å². The van der Waals surface area contributed by atoms with Gasteiger partial charge in [-0.3, -0.25) is 0 Å². The van der Waals surface area contributed by atoms with Crippen LogP contribution >= 0.6 is 15.9 Å². The number of halogens is 1. The molecule has 1 aliphatic heterocycles. The zero-order chi connectivity index (χ0) is 10.6. The summed E-state index contributed by atoms with van der Waals surface area (Å²) in [6.07, 6.45) is -0.287. The summed E-state index contributed by atoms with van der Waals surface area (Å²) < 4.78 is 21.4. The highest BCUT2D eigenvalue weighted by Crippen LogP contribution is 2.25. The van der Waals surface area contributed by atoms with E-state index in [1.165, 1.54) is 0 Å². The van der Waals surface area contributed by atoms with Crippen molar-refractivity contribution < 1.29 is 18.9 Å². The van der Waals surface area contributed by atoms with Crippen LogP contribution in [0.15, 0.2) is 0 Å². The number of methoxy groups -OCH3 is 2. The van der Waals surface area contributed by atoms with Crippen molar-refractivity contribution in [3.63, 3.8) is 0 Å². The number of hydrogen-bond donors (Lipinski definition) is 0. The van der Waals surface area contributed by atoms with Gasteiger partial charge in [-0.1, -0.05) is 15.9 Å². The highest BCUT2D eigenvalue weighted by Gasteiger charge is 2.37. The molecule has 0 amide bonds. The van der Waals surface area contributed by atoms with Crippen molar-refractivity contribution in [1.82, 2.24) is 0 Å². The molecule has 1 heterocycles. The molecule has 0 bridgehead atoms. The second-order valence-corrected chi connectivity index (χ2v) is 4.75. The van der Waals surface area contributed by atoms with E-state index >= 15 is 0 Å². The first kappa shape index (κ1) is 12.4. The summed E-state index contributed by atoms with van der Waals surface area (Å²) in [5.41, 5.74) is 0. The van der Waals surface area contributed by atoms with E-state index < -0.39 is 0 Å². The molecule has 0 aromatic heterocycles. The van der Waals surface area contributed by atoms with Crippen molar-refractivity contribution in [2.45, 2.75) is 30.2 Å². The quantitative estimate of drug-likeness (QED) is 0.702. The highest BCUT2D eigenvalue weighted by molar-refractivity contribution is 9.09. The van der Waals surface area contributed by atoms with Gasteiger partial charge in [0.15, 0.2) is 6.29 Å². The van der Waals surface area contributed by atoms with Gasteiger partial charge in [-0.15, -0.1) is 0 Å². The summed E-state index contributed by atoms with van der Waals surface area (Å²) in [5, 5.41) is 0. The Morgan fingerprint density at radius 1 is 1.14 bits per heavy atom. The average Bonchev–Trinajstić information content (AvgIpc) is 2.50.